The summed E-state index contributed by atoms with van der Waals surface area (Å²) in [6.45, 7) is 2.10. The van der Waals surface area contributed by atoms with Gasteiger partial charge in [-0.2, -0.15) is 5.26 Å². The van der Waals surface area contributed by atoms with Crippen molar-refractivity contribution >= 4 is 5.78 Å². The van der Waals surface area contributed by atoms with E-state index in [0.29, 0.717) is 6.42 Å². The van der Waals surface area contributed by atoms with Gasteiger partial charge in [-0.05, 0) is 12.8 Å². The average Bonchev–Trinajstić information content (AvgIpc) is 2.48. The lowest BCUT2D eigenvalue weighted by Crippen LogP contribution is -2.10. The SMILES string of the molecule is CCC/C=C\C1C(=O)CCC1C#N. The van der Waals surface area contributed by atoms with Crippen LogP contribution in [0, 0.1) is 23.2 Å². The molecule has 1 saturated carbocycles. The monoisotopic (exact) mass is 177 g/mol. The molecule has 2 atom stereocenters. The number of hydrogen-bond acceptors (Lipinski definition) is 2. The molecule has 0 saturated heterocycles. The smallest absolute Gasteiger partial charge is 0.141 e. The Labute approximate surface area is 79.2 Å². The average molecular weight is 177 g/mol. The van der Waals surface area contributed by atoms with E-state index in [1.807, 2.05) is 12.2 Å². The van der Waals surface area contributed by atoms with Crippen molar-refractivity contribution < 1.29 is 4.79 Å². The molecule has 1 aliphatic carbocycles. The van der Waals surface area contributed by atoms with E-state index in [-0.39, 0.29) is 17.6 Å². The predicted octanol–water partition coefficient (Wildman–Crippen LogP) is 2.46. The summed E-state index contributed by atoms with van der Waals surface area (Å²) in [4.78, 5) is 11.3. The fourth-order valence-corrected chi connectivity index (χ4v) is 1.66. The van der Waals surface area contributed by atoms with Crippen molar-refractivity contribution in [3.8, 4) is 6.07 Å². The third-order valence-electron chi connectivity index (χ3n) is 2.47. The minimum atomic E-state index is -0.114. The van der Waals surface area contributed by atoms with Gasteiger partial charge in [0.15, 0.2) is 0 Å². The molecule has 0 aromatic carbocycles. The van der Waals surface area contributed by atoms with Crippen LogP contribution < -0.4 is 0 Å². The van der Waals surface area contributed by atoms with E-state index >= 15 is 0 Å². The predicted molar refractivity (Wildman–Crippen MR) is 50.9 cm³/mol. The van der Waals surface area contributed by atoms with Crippen molar-refractivity contribution in [1.82, 2.24) is 0 Å². The molecule has 0 radical (unpaired) electrons. The quantitative estimate of drug-likeness (QED) is 0.621. The highest BCUT2D eigenvalue weighted by molar-refractivity contribution is 5.85. The summed E-state index contributed by atoms with van der Waals surface area (Å²) < 4.78 is 0. The molecule has 0 amide bonds. The van der Waals surface area contributed by atoms with Crippen LogP contribution in [0.4, 0.5) is 0 Å². The normalized spacial score (nSPS) is 28.2. The van der Waals surface area contributed by atoms with Crippen LogP contribution in [-0.2, 0) is 4.79 Å². The lowest BCUT2D eigenvalue weighted by molar-refractivity contribution is -0.119. The lowest BCUT2D eigenvalue weighted by Gasteiger charge is -2.04. The van der Waals surface area contributed by atoms with Crippen LogP contribution >= 0.6 is 0 Å². The number of allylic oxidation sites excluding steroid dienone is 2. The molecule has 2 unspecified atom stereocenters. The topological polar surface area (TPSA) is 40.9 Å². The first-order valence-corrected chi connectivity index (χ1v) is 4.88. The largest absolute Gasteiger partial charge is 0.299 e. The fraction of sp³-hybridized carbons (Fsp3) is 0.636. The molecule has 0 heterocycles. The Balaban J connectivity index is 2.55. The standard InChI is InChI=1S/C11H15NO/c1-2-3-4-5-10-9(8-12)6-7-11(10)13/h4-5,9-10H,2-3,6-7H2,1H3/b5-4-. The van der Waals surface area contributed by atoms with Crippen molar-refractivity contribution in [3.63, 3.8) is 0 Å². The molecule has 0 aromatic heterocycles. The first-order valence-electron chi connectivity index (χ1n) is 4.88. The fourth-order valence-electron chi connectivity index (χ4n) is 1.66. The number of rotatable bonds is 3. The zero-order chi connectivity index (χ0) is 9.68. The van der Waals surface area contributed by atoms with Gasteiger partial charge < -0.3 is 0 Å². The Kier molecular flexibility index (Phi) is 3.70. The van der Waals surface area contributed by atoms with Gasteiger partial charge in [-0.25, -0.2) is 0 Å². The summed E-state index contributed by atoms with van der Waals surface area (Å²) >= 11 is 0. The van der Waals surface area contributed by atoms with Gasteiger partial charge >= 0.3 is 0 Å². The van der Waals surface area contributed by atoms with E-state index in [1.165, 1.54) is 0 Å². The van der Waals surface area contributed by atoms with Crippen LogP contribution in [0.2, 0.25) is 0 Å². The molecule has 2 nitrogen and oxygen atoms in total. The number of ketones is 1. The van der Waals surface area contributed by atoms with Gasteiger partial charge in [-0.1, -0.05) is 25.5 Å². The third-order valence-corrected chi connectivity index (χ3v) is 2.47. The van der Waals surface area contributed by atoms with Crippen LogP contribution in [0.15, 0.2) is 12.2 Å². The maximum absolute atomic E-state index is 11.3. The van der Waals surface area contributed by atoms with Gasteiger partial charge in [-0.3, -0.25) is 4.79 Å². The van der Waals surface area contributed by atoms with E-state index in [9.17, 15) is 4.79 Å². The molecule has 1 aliphatic rings. The Bertz CT molecular complexity index is 249. The Morgan fingerprint density at radius 3 is 3.08 bits per heavy atom. The van der Waals surface area contributed by atoms with Crippen LogP contribution in [0.25, 0.3) is 0 Å². The van der Waals surface area contributed by atoms with E-state index in [1.54, 1.807) is 0 Å². The van der Waals surface area contributed by atoms with E-state index < -0.39 is 0 Å². The summed E-state index contributed by atoms with van der Waals surface area (Å²) in [7, 11) is 0. The van der Waals surface area contributed by atoms with Crippen molar-refractivity contribution in [1.29, 1.82) is 5.26 Å². The van der Waals surface area contributed by atoms with Crippen LogP contribution in [-0.4, -0.2) is 5.78 Å². The Morgan fingerprint density at radius 2 is 2.46 bits per heavy atom. The molecular weight excluding hydrogens is 162 g/mol. The molecule has 70 valence electrons. The molecule has 0 N–H and O–H groups in total. The number of carbonyl (C=O) groups is 1. The number of carbonyl (C=O) groups excluding carboxylic acids is 1. The zero-order valence-corrected chi connectivity index (χ0v) is 7.99. The minimum Gasteiger partial charge on any atom is -0.299 e. The second-order valence-electron chi connectivity index (χ2n) is 3.48. The summed E-state index contributed by atoms with van der Waals surface area (Å²) in [5.41, 5.74) is 0. The van der Waals surface area contributed by atoms with Gasteiger partial charge in [-0.15, -0.1) is 0 Å². The highest BCUT2D eigenvalue weighted by atomic mass is 16.1. The molecule has 0 bridgehead atoms. The van der Waals surface area contributed by atoms with Gasteiger partial charge in [0.05, 0.1) is 17.9 Å². The van der Waals surface area contributed by atoms with E-state index in [4.69, 9.17) is 5.26 Å². The molecule has 13 heavy (non-hydrogen) atoms. The summed E-state index contributed by atoms with van der Waals surface area (Å²) in [6, 6.07) is 2.20. The number of hydrogen-bond donors (Lipinski definition) is 0. The molecule has 0 spiro atoms. The molecule has 2 heteroatoms. The van der Waals surface area contributed by atoms with Crippen molar-refractivity contribution in [2.45, 2.75) is 32.6 Å². The highest BCUT2D eigenvalue weighted by Crippen LogP contribution is 2.29. The van der Waals surface area contributed by atoms with E-state index in [2.05, 4.69) is 13.0 Å². The summed E-state index contributed by atoms with van der Waals surface area (Å²) in [5.74, 6) is 0.0519. The van der Waals surface area contributed by atoms with Crippen LogP contribution in [0.1, 0.15) is 32.6 Å². The Morgan fingerprint density at radius 1 is 1.69 bits per heavy atom. The first kappa shape index (κ1) is 9.98. The number of Topliss-reactive ketones (excluding diaryl/α,β-unsaturated/α-hetero) is 1. The summed E-state index contributed by atoms with van der Waals surface area (Å²) in [6.07, 6.45) is 7.37. The minimum absolute atomic E-state index is 0.0689. The number of nitriles is 1. The molecular formula is C11H15NO. The zero-order valence-electron chi connectivity index (χ0n) is 7.99. The molecule has 1 rings (SSSR count). The van der Waals surface area contributed by atoms with Crippen molar-refractivity contribution in [2.24, 2.45) is 11.8 Å². The van der Waals surface area contributed by atoms with Gasteiger partial charge in [0.25, 0.3) is 0 Å². The van der Waals surface area contributed by atoms with Crippen molar-refractivity contribution in [2.75, 3.05) is 0 Å². The maximum Gasteiger partial charge on any atom is 0.141 e. The first-order chi connectivity index (χ1) is 6.29. The number of nitrogens with zero attached hydrogens (tertiary/aromatic N) is 1. The van der Waals surface area contributed by atoms with Crippen LogP contribution in [0.3, 0.4) is 0 Å². The molecule has 1 fully saturated rings. The van der Waals surface area contributed by atoms with Gasteiger partial charge in [0.2, 0.25) is 0 Å². The third kappa shape index (κ3) is 2.42. The Hall–Kier alpha value is -1.10. The second-order valence-corrected chi connectivity index (χ2v) is 3.48. The van der Waals surface area contributed by atoms with Gasteiger partial charge in [0.1, 0.15) is 5.78 Å². The van der Waals surface area contributed by atoms with E-state index in [0.717, 1.165) is 19.3 Å². The highest BCUT2D eigenvalue weighted by Gasteiger charge is 2.32. The number of unbranched alkanes of at least 4 members (excludes halogenated alkanes) is 1. The second kappa shape index (κ2) is 4.81. The summed E-state index contributed by atoms with van der Waals surface area (Å²) in [5, 5.41) is 8.77. The van der Waals surface area contributed by atoms with Gasteiger partial charge in [0, 0.05) is 6.42 Å². The molecule has 0 aliphatic heterocycles. The lowest BCUT2D eigenvalue weighted by atomic mass is 9.96. The van der Waals surface area contributed by atoms with Crippen LogP contribution in [0.5, 0.6) is 0 Å². The maximum atomic E-state index is 11.3. The van der Waals surface area contributed by atoms with Crippen molar-refractivity contribution in [3.05, 3.63) is 12.2 Å². The molecule has 0 aromatic rings.